The van der Waals surface area contributed by atoms with E-state index in [4.69, 9.17) is 9.47 Å². The summed E-state index contributed by atoms with van der Waals surface area (Å²) < 4.78 is 10.4. The molecule has 0 aliphatic rings. The summed E-state index contributed by atoms with van der Waals surface area (Å²) in [5, 5.41) is 3.38. The lowest BCUT2D eigenvalue weighted by Gasteiger charge is -2.07. The van der Waals surface area contributed by atoms with Gasteiger partial charge in [-0.3, -0.25) is 0 Å². The third-order valence-electron chi connectivity index (χ3n) is 1.90. The predicted octanol–water partition coefficient (Wildman–Crippen LogP) is 2.06. The Kier molecular flexibility index (Phi) is 10.9. The average Bonchev–Trinajstić information content (AvgIpc) is 2.15. The van der Waals surface area contributed by atoms with Crippen LogP contribution in [-0.2, 0) is 9.47 Å². The van der Waals surface area contributed by atoms with Gasteiger partial charge in [0.25, 0.3) is 0 Å². The molecule has 0 bridgehead atoms. The highest BCUT2D eigenvalue weighted by Crippen LogP contribution is 1.90. The van der Waals surface area contributed by atoms with Gasteiger partial charge in [-0.15, -0.1) is 0 Å². The predicted molar refractivity (Wildman–Crippen MR) is 61.8 cm³/mol. The smallest absolute Gasteiger partial charge is 0.0518 e. The first-order chi connectivity index (χ1) is 6.77. The lowest BCUT2D eigenvalue weighted by atomic mass is 10.3. The standard InChI is InChI=1S/C11H25NO2.H2/c1-11(2)14-10-6-8-12-7-4-5-9-13-3;/h11-12H,4-10H2,1-3H3;1H. The number of methoxy groups -OCH3 is 1. The molecule has 0 aromatic rings. The molecule has 0 aromatic carbocycles. The second-order valence-electron chi connectivity index (χ2n) is 3.72. The highest BCUT2D eigenvalue weighted by atomic mass is 16.5. The maximum atomic E-state index is 5.43. The van der Waals surface area contributed by atoms with Crippen LogP contribution in [0.3, 0.4) is 0 Å². The molecule has 88 valence electrons. The van der Waals surface area contributed by atoms with E-state index in [1.807, 2.05) is 0 Å². The van der Waals surface area contributed by atoms with Crippen LogP contribution in [0.15, 0.2) is 0 Å². The van der Waals surface area contributed by atoms with Gasteiger partial charge in [0.1, 0.15) is 0 Å². The SMILES string of the molecule is COCCCCNCCCOC(C)C.[HH]. The van der Waals surface area contributed by atoms with Crippen molar-refractivity contribution in [3.63, 3.8) is 0 Å². The molecule has 0 fully saturated rings. The van der Waals surface area contributed by atoms with Crippen molar-refractivity contribution < 1.29 is 10.9 Å². The summed E-state index contributed by atoms with van der Waals surface area (Å²) in [6.45, 7) is 8.02. The van der Waals surface area contributed by atoms with Crippen LogP contribution < -0.4 is 5.32 Å². The van der Waals surface area contributed by atoms with Crippen LogP contribution in [0.25, 0.3) is 0 Å². The maximum absolute atomic E-state index is 5.43. The lowest BCUT2D eigenvalue weighted by Crippen LogP contribution is -2.19. The number of rotatable bonds is 10. The van der Waals surface area contributed by atoms with E-state index in [1.54, 1.807) is 7.11 Å². The zero-order chi connectivity index (χ0) is 10.6. The normalized spacial score (nSPS) is 11.1. The zero-order valence-electron chi connectivity index (χ0n) is 9.84. The van der Waals surface area contributed by atoms with E-state index in [1.165, 1.54) is 6.42 Å². The summed E-state index contributed by atoms with van der Waals surface area (Å²) in [7, 11) is 1.75. The topological polar surface area (TPSA) is 30.5 Å². The van der Waals surface area contributed by atoms with Crippen molar-refractivity contribution in [1.29, 1.82) is 0 Å². The lowest BCUT2D eigenvalue weighted by molar-refractivity contribution is 0.0771. The monoisotopic (exact) mass is 205 g/mol. The summed E-state index contributed by atoms with van der Waals surface area (Å²) in [4.78, 5) is 0. The van der Waals surface area contributed by atoms with Gasteiger partial charge in [-0.1, -0.05) is 0 Å². The number of nitrogens with one attached hydrogen (secondary N) is 1. The van der Waals surface area contributed by atoms with Gasteiger partial charge in [0.2, 0.25) is 0 Å². The summed E-state index contributed by atoms with van der Waals surface area (Å²) in [5.74, 6) is 0. The molecule has 3 nitrogen and oxygen atoms in total. The molecule has 0 heterocycles. The van der Waals surface area contributed by atoms with Crippen LogP contribution in [0.4, 0.5) is 0 Å². The average molecular weight is 205 g/mol. The Bertz CT molecular complexity index is 113. The van der Waals surface area contributed by atoms with Crippen LogP contribution >= 0.6 is 0 Å². The molecule has 1 N–H and O–H groups in total. The molecule has 0 rings (SSSR count). The van der Waals surface area contributed by atoms with Crippen LogP contribution in [0, 0.1) is 0 Å². The van der Waals surface area contributed by atoms with E-state index in [2.05, 4.69) is 19.2 Å². The first-order valence-electron chi connectivity index (χ1n) is 5.58. The van der Waals surface area contributed by atoms with Crippen LogP contribution in [0.5, 0.6) is 0 Å². The van der Waals surface area contributed by atoms with Crippen molar-refractivity contribution in [2.45, 2.75) is 39.2 Å². The largest absolute Gasteiger partial charge is 0.385 e. The molecule has 3 heteroatoms. The van der Waals surface area contributed by atoms with Crippen molar-refractivity contribution in [1.82, 2.24) is 5.32 Å². The summed E-state index contributed by atoms with van der Waals surface area (Å²) in [6, 6.07) is 0. The fraction of sp³-hybridized carbons (Fsp3) is 1.00. The fourth-order valence-electron chi connectivity index (χ4n) is 1.14. The minimum Gasteiger partial charge on any atom is -0.385 e. The van der Waals surface area contributed by atoms with Crippen LogP contribution in [0.1, 0.15) is 34.5 Å². The molecule has 0 aliphatic heterocycles. The Morgan fingerprint density at radius 2 is 1.79 bits per heavy atom. The first kappa shape index (κ1) is 13.9. The third-order valence-corrected chi connectivity index (χ3v) is 1.90. The molecule has 0 saturated carbocycles. The van der Waals surface area contributed by atoms with E-state index in [0.29, 0.717) is 6.10 Å². The zero-order valence-corrected chi connectivity index (χ0v) is 9.84. The molecule has 0 aromatic heterocycles. The van der Waals surface area contributed by atoms with Gasteiger partial charge in [-0.25, -0.2) is 0 Å². The minimum absolute atomic E-state index is 0. The number of unbranched alkanes of at least 4 members (excludes halogenated alkanes) is 1. The molecule has 0 spiro atoms. The Morgan fingerprint density at radius 3 is 2.43 bits per heavy atom. The van der Waals surface area contributed by atoms with Gasteiger partial charge in [0, 0.05) is 21.8 Å². The van der Waals surface area contributed by atoms with E-state index < -0.39 is 0 Å². The van der Waals surface area contributed by atoms with E-state index in [0.717, 1.165) is 39.1 Å². The summed E-state index contributed by atoms with van der Waals surface area (Å²) in [6.07, 6.45) is 3.80. The van der Waals surface area contributed by atoms with E-state index in [9.17, 15) is 0 Å². The molecular weight excluding hydrogens is 178 g/mol. The van der Waals surface area contributed by atoms with E-state index in [-0.39, 0.29) is 1.43 Å². The second kappa shape index (κ2) is 11.0. The Balaban J connectivity index is 0. The van der Waals surface area contributed by atoms with Gasteiger partial charge in [0.05, 0.1) is 6.10 Å². The molecule has 0 unspecified atom stereocenters. The van der Waals surface area contributed by atoms with E-state index >= 15 is 0 Å². The molecule has 0 aliphatic carbocycles. The van der Waals surface area contributed by atoms with Crippen molar-refractivity contribution in [3.05, 3.63) is 0 Å². The quantitative estimate of drug-likeness (QED) is 0.554. The Hall–Kier alpha value is -0.120. The van der Waals surface area contributed by atoms with Gasteiger partial charge < -0.3 is 14.8 Å². The van der Waals surface area contributed by atoms with Gasteiger partial charge in [-0.2, -0.15) is 0 Å². The van der Waals surface area contributed by atoms with Gasteiger partial charge in [0.15, 0.2) is 0 Å². The molecule has 0 radical (unpaired) electrons. The first-order valence-corrected chi connectivity index (χ1v) is 5.58. The summed E-state index contributed by atoms with van der Waals surface area (Å²) in [5.41, 5.74) is 0. The van der Waals surface area contributed by atoms with Crippen LogP contribution in [0.2, 0.25) is 0 Å². The number of ether oxygens (including phenoxy) is 2. The highest BCUT2D eigenvalue weighted by molar-refractivity contribution is 4.49. The van der Waals surface area contributed by atoms with Crippen molar-refractivity contribution >= 4 is 0 Å². The Morgan fingerprint density at radius 1 is 1.07 bits per heavy atom. The highest BCUT2D eigenvalue weighted by Gasteiger charge is 1.92. The van der Waals surface area contributed by atoms with Crippen LogP contribution in [-0.4, -0.2) is 39.5 Å². The molecular formula is C11H27NO2. The molecule has 0 saturated heterocycles. The molecule has 0 atom stereocenters. The molecule has 0 amide bonds. The van der Waals surface area contributed by atoms with Crippen molar-refractivity contribution in [2.24, 2.45) is 0 Å². The van der Waals surface area contributed by atoms with Crippen molar-refractivity contribution in [3.8, 4) is 0 Å². The third kappa shape index (κ3) is 11.9. The van der Waals surface area contributed by atoms with Crippen molar-refractivity contribution in [2.75, 3.05) is 33.4 Å². The minimum atomic E-state index is 0. The fourth-order valence-corrected chi connectivity index (χ4v) is 1.14. The summed E-state index contributed by atoms with van der Waals surface area (Å²) >= 11 is 0. The number of hydrogen-bond acceptors (Lipinski definition) is 3. The van der Waals surface area contributed by atoms with Gasteiger partial charge in [-0.05, 0) is 46.2 Å². The maximum Gasteiger partial charge on any atom is 0.0518 e. The van der Waals surface area contributed by atoms with Gasteiger partial charge >= 0.3 is 0 Å². The molecule has 14 heavy (non-hydrogen) atoms. The Labute approximate surface area is 89.7 Å². The second-order valence-corrected chi connectivity index (χ2v) is 3.72. The number of hydrogen-bond donors (Lipinski definition) is 1.